The van der Waals surface area contributed by atoms with Crippen LogP contribution in [0.15, 0.2) is 66.7 Å². The first-order chi connectivity index (χ1) is 17.4. The minimum atomic E-state index is -1.45. The Bertz CT molecular complexity index is 1490. The molecule has 6 nitrogen and oxygen atoms in total. The standard InChI is InChI=1S/C29H24ClN3O3/c1-16-8-10-17(11-9-16)25(34)24-23-7-4-14-33(23)29(20-15-18(30)12-13-22(20)32-27(29)36)28(24)19-5-2-3-6-21(19)31-26(28)35/h2-3,5-6,8-13,15,23-24H,4,7,14H2,1H3,(H,31,35)(H,32,36)/t23-,24+,28+,29+/m1/s1. The number of nitrogens with zero attached hydrogens (tertiary/aromatic N) is 1. The highest BCUT2D eigenvalue weighted by Crippen LogP contribution is 2.67. The molecule has 7 heteroatoms. The molecule has 0 unspecified atom stereocenters. The Balaban J connectivity index is 1.59. The van der Waals surface area contributed by atoms with E-state index in [0.29, 0.717) is 39.6 Å². The summed E-state index contributed by atoms with van der Waals surface area (Å²) in [6, 6.07) is 20.0. The van der Waals surface area contributed by atoms with Crippen molar-refractivity contribution < 1.29 is 14.4 Å². The first-order valence-electron chi connectivity index (χ1n) is 12.3. The molecule has 4 aliphatic heterocycles. The molecule has 36 heavy (non-hydrogen) atoms. The number of benzene rings is 3. The lowest BCUT2D eigenvalue weighted by molar-refractivity contribution is -0.137. The molecule has 4 atom stereocenters. The van der Waals surface area contributed by atoms with Crippen molar-refractivity contribution in [2.75, 3.05) is 17.2 Å². The summed E-state index contributed by atoms with van der Waals surface area (Å²) in [5.41, 5.74) is 1.40. The number of carbonyl (C=O) groups excluding carboxylic acids is 3. The normalized spacial score (nSPS) is 29.8. The van der Waals surface area contributed by atoms with Crippen LogP contribution in [0.2, 0.25) is 5.02 Å². The van der Waals surface area contributed by atoms with E-state index in [4.69, 9.17) is 11.6 Å². The van der Waals surface area contributed by atoms with Crippen LogP contribution < -0.4 is 10.6 Å². The summed E-state index contributed by atoms with van der Waals surface area (Å²) in [5.74, 6) is -1.45. The van der Waals surface area contributed by atoms with Crippen LogP contribution in [0, 0.1) is 12.8 Å². The van der Waals surface area contributed by atoms with Crippen molar-refractivity contribution in [2.24, 2.45) is 5.92 Å². The number of Topliss-reactive ketones (excluding diaryl/α,β-unsaturated/α-hetero) is 1. The van der Waals surface area contributed by atoms with E-state index in [0.717, 1.165) is 18.4 Å². The Morgan fingerprint density at radius 2 is 1.67 bits per heavy atom. The second-order valence-electron chi connectivity index (χ2n) is 10.3. The minimum Gasteiger partial charge on any atom is -0.325 e. The van der Waals surface area contributed by atoms with Crippen molar-refractivity contribution in [3.8, 4) is 0 Å². The van der Waals surface area contributed by atoms with Gasteiger partial charge in [0.05, 0.1) is 5.92 Å². The van der Waals surface area contributed by atoms with Crippen molar-refractivity contribution in [1.29, 1.82) is 0 Å². The number of hydrogen-bond acceptors (Lipinski definition) is 4. The molecular weight excluding hydrogens is 474 g/mol. The third-order valence-electron chi connectivity index (χ3n) is 8.68. The Kier molecular flexibility index (Phi) is 4.40. The van der Waals surface area contributed by atoms with Gasteiger partial charge in [-0.05, 0) is 56.1 Å². The summed E-state index contributed by atoms with van der Waals surface area (Å²) in [7, 11) is 0. The van der Waals surface area contributed by atoms with Gasteiger partial charge in [-0.2, -0.15) is 0 Å². The molecule has 2 fully saturated rings. The minimum absolute atomic E-state index is 0.112. The van der Waals surface area contributed by atoms with E-state index < -0.39 is 16.9 Å². The third-order valence-corrected chi connectivity index (χ3v) is 8.91. The van der Waals surface area contributed by atoms with Gasteiger partial charge < -0.3 is 10.6 Å². The first-order valence-corrected chi connectivity index (χ1v) is 12.7. The van der Waals surface area contributed by atoms with E-state index in [2.05, 4.69) is 15.5 Å². The number of aryl methyl sites for hydroxylation is 1. The summed E-state index contributed by atoms with van der Waals surface area (Å²) >= 11 is 6.49. The Morgan fingerprint density at radius 3 is 2.47 bits per heavy atom. The van der Waals surface area contributed by atoms with Gasteiger partial charge in [0.2, 0.25) is 5.91 Å². The molecule has 2 amide bonds. The average molecular weight is 498 g/mol. The van der Waals surface area contributed by atoms with Crippen LogP contribution in [0.25, 0.3) is 0 Å². The molecule has 2 saturated heterocycles. The maximum atomic E-state index is 14.5. The summed E-state index contributed by atoms with van der Waals surface area (Å²) < 4.78 is 0. The van der Waals surface area contributed by atoms with Gasteiger partial charge in [-0.1, -0.05) is 59.6 Å². The van der Waals surface area contributed by atoms with Gasteiger partial charge in [0.25, 0.3) is 5.91 Å². The molecule has 4 heterocycles. The number of carbonyl (C=O) groups is 3. The Labute approximate surface area is 213 Å². The molecule has 0 radical (unpaired) electrons. The average Bonchev–Trinajstić information content (AvgIpc) is 3.58. The summed E-state index contributed by atoms with van der Waals surface area (Å²) in [5, 5.41) is 6.58. The largest absolute Gasteiger partial charge is 0.325 e. The van der Waals surface area contributed by atoms with E-state index in [1.165, 1.54) is 0 Å². The second kappa shape index (κ2) is 7.28. The van der Waals surface area contributed by atoms with Gasteiger partial charge in [-0.3, -0.25) is 19.3 Å². The number of halogens is 1. The number of hydrogen-bond donors (Lipinski definition) is 2. The molecule has 3 aromatic rings. The molecule has 0 aliphatic carbocycles. The fourth-order valence-electron chi connectivity index (χ4n) is 7.45. The van der Waals surface area contributed by atoms with Gasteiger partial charge in [-0.25, -0.2) is 0 Å². The molecule has 7 rings (SSSR count). The van der Waals surface area contributed by atoms with E-state index in [1.54, 1.807) is 18.2 Å². The maximum Gasteiger partial charge on any atom is 0.251 e. The predicted octanol–water partition coefficient (Wildman–Crippen LogP) is 4.66. The van der Waals surface area contributed by atoms with Crippen LogP contribution in [0.4, 0.5) is 11.4 Å². The number of para-hydroxylation sites is 1. The second-order valence-corrected chi connectivity index (χ2v) is 10.7. The predicted molar refractivity (Wildman–Crippen MR) is 137 cm³/mol. The van der Waals surface area contributed by atoms with E-state index >= 15 is 0 Å². The highest BCUT2D eigenvalue weighted by atomic mass is 35.5. The first kappa shape index (κ1) is 21.8. The van der Waals surface area contributed by atoms with E-state index in [9.17, 15) is 14.4 Å². The molecule has 4 aliphatic rings. The van der Waals surface area contributed by atoms with Crippen molar-refractivity contribution in [3.05, 3.63) is 94.0 Å². The number of amides is 2. The lowest BCUT2D eigenvalue weighted by atomic mass is 9.57. The number of ketones is 1. The molecule has 180 valence electrons. The van der Waals surface area contributed by atoms with Gasteiger partial charge in [-0.15, -0.1) is 0 Å². The number of nitrogens with one attached hydrogen (secondary N) is 2. The number of anilines is 2. The van der Waals surface area contributed by atoms with E-state index in [1.807, 2.05) is 55.5 Å². The van der Waals surface area contributed by atoms with Gasteiger partial charge >= 0.3 is 0 Å². The van der Waals surface area contributed by atoms with Crippen molar-refractivity contribution in [1.82, 2.24) is 4.90 Å². The van der Waals surface area contributed by atoms with Crippen LogP contribution in [-0.4, -0.2) is 35.1 Å². The summed E-state index contributed by atoms with van der Waals surface area (Å²) in [6.07, 6.45) is 1.57. The molecule has 2 spiro atoms. The van der Waals surface area contributed by atoms with Crippen LogP contribution in [0.3, 0.4) is 0 Å². The van der Waals surface area contributed by atoms with Crippen molar-refractivity contribution >= 4 is 40.6 Å². The van der Waals surface area contributed by atoms with Crippen molar-refractivity contribution in [2.45, 2.75) is 36.8 Å². The van der Waals surface area contributed by atoms with Gasteiger partial charge in [0.15, 0.2) is 5.78 Å². The quantitative estimate of drug-likeness (QED) is 0.505. The van der Waals surface area contributed by atoms with E-state index in [-0.39, 0.29) is 23.6 Å². The molecule has 3 aromatic carbocycles. The SMILES string of the molecule is Cc1ccc(C(=O)[C@@H]2[C@H]3CCCN3[C@@]3(C(=O)Nc4ccc(Cl)cc43)[C@]23C(=O)Nc2ccccc23)cc1. The highest BCUT2D eigenvalue weighted by molar-refractivity contribution is 6.31. The lowest BCUT2D eigenvalue weighted by Crippen LogP contribution is -2.62. The van der Waals surface area contributed by atoms with Crippen LogP contribution in [-0.2, 0) is 20.5 Å². The summed E-state index contributed by atoms with van der Waals surface area (Å²) in [6.45, 7) is 2.59. The monoisotopic (exact) mass is 497 g/mol. The summed E-state index contributed by atoms with van der Waals surface area (Å²) in [4.78, 5) is 45.3. The molecular formula is C29H24ClN3O3. The molecule has 0 saturated carbocycles. The number of fused-ring (bicyclic) bond motifs is 7. The molecule has 0 aromatic heterocycles. The Morgan fingerprint density at radius 1 is 0.944 bits per heavy atom. The van der Waals surface area contributed by atoms with Crippen LogP contribution >= 0.6 is 11.6 Å². The lowest BCUT2D eigenvalue weighted by Gasteiger charge is -2.43. The maximum absolute atomic E-state index is 14.5. The van der Waals surface area contributed by atoms with Crippen LogP contribution in [0.1, 0.15) is 39.9 Å². The highest BCUT2D eigenvalue weighted by Gasteiger charge is 2.81. The van der Waals surface area contributed by atoms with Gasteiger partial charge in [0.1, 0.15) is 11.0 Å². The third kappa shape index (κ3) is 2.39. The fourth-order valence-corrected chi connectivity index (χ4v) is 7.62. The van der Waals surface area contributed by atoms with Gasteiger partial charge in [0, 0.05) is 33.6 Å². The fraction of sp³-hybridized carbons (Fsp3) is 0.276. The zero-order valence-corrected chi connectivity index (χ0v) is 20.4. The zero-order chi connectivity index (χ0) is 24.8. The molecule has 0 bridgehead atoms. The topological polar surface area (TPSA) is 78.5 Å². The Hall–Kier alpha value is -3.48. The number of rotatable bonds is 2. The smallest absolute Gasteiger partial charge is 0.251 e. The van der Waals surface area contributed by atoms with Crippen LogP contribution in [0.5, 0.6) is 0 Å². The molecule has 2 N–H and O–H groups in total. The van der Waals surface area contributed by atoms with Crippen molar-refractivity contribution in [3.63, 3.8) is 0 Å². The zero-order valence-electron chi connectivity index (χ0n) is 19.7.